The monoisotopic (exact) mass is 283 g/mol. The molecule has 0 bridgehead atoms. The Kier molecular flexibility index (Phi) is 3.88. The summed E-state index contributed by atoms with van der Waals surface area (Å²) in [7, 11) is 0. The van der Waals surface area contributed by atoms with Crippen molar-refractivity contribution in [3.8, 4) is 0 Å². The number of nitrogens with two attached hydrogens (primary N) is 1. The lowest BCUT2D eigenvalue weighted by atomic mass is 10.2. The number of nitrogens with one attached hydrogen (secondary N) is 2. The molecule has 1 aliphatic rings. The summed E-state index contributed by atoms with van der Waals surface area (Å²) in [5.41, 5.74) is 2.62. The molecule has 9 heteroatoms. The van der Waals surface area contributed by atoms with E-state index in [9.17, 15) is 14.4 Å². The third-order valence-corrected chi connectivity index (χ3v) is 3.67. The van der Waals surface area contributed by atoms with Crippen LogP contribution in [0, 0.1) is 0 Å². The zero-order valence-electron chi connectivity index (χ0n) is 10.2. The third kappa shape index (κ3) is 2.95. The largest absolute Gasteiger partial charge is 0.294 e. The molecular weight excluding hydrogens is 270 g/mol. The van der Waals surface area contributed by atoms with E-state index in [2.05, 4.69) is 10.3 Å². The molecule has 1 atom stereocenters. The number of hydrogen-bond donors (Lipinski definition) is 3. The van der Waals surface area contributed by atoms with E-state index in [0.29, 0.717) is 12.2 Å². The van der Waals surface area contributed by atoms with Crippen LogP contribution in [-0.2, 0) is 16.1 Å². The zero-order valence-corrected chi connectivity index (χ0v) is 11.0. The Morgan fingerprint density at radius 3 is 3.11 bits per heavy atom. The highest BCUT2D eigenvalue weighted by Crippen LogP contribution is 2.14. The van der Waals surface area contributed by atoms with E-state index in [1.54, 1.807) is 17.2 Å². The van der Waals surface area contributed by atoms with Gasteiger partial charge in [0.1, 0.15) is 0 Å². The van der Waals surface area contributed by atoms with Crippen molar-refractivity contribution in [2.24, 2.45) is 5.84 Å². The van der Waals surface area contributed by atoms with Gasteiger partial charge in [0, 0.05) is 11.9 Å². The summed E-state index contributed by atoms with van der Waals surface area (Å²) < 4.78 is 0. The molecule has 3 amide bonds. The van der Waals surface area contributed by atoms with Crippen LogP contribution in [0.25, 0.3) is 0 Å². The van der Waals surface area contributed by atoms with E-state index in [1.807, 2.05) is 5.43 Å². The molecule has 2 heterocycles. The summed E-state index contributed by atoms with van der Waals surface area (Å²) in [6.45, 7) is 2.17. The van der Waals surface area contributed by atoms with Crippen molar-refractivity contribution in [2.75, 3.05) is 6.54 Å². The van der Waals surface area contributed by atoms with E-state index in [4.69, 9.17) is 5.84 Å². The van der Waals surface area contributed by atoms with Gasteiger partial charge in [-0.3, -0.25) is 30.0 Å². The van der Waals surface area contributed by atoms with Crippen LogP contribution in [0.5, 0.6) is 0 Å². The number of rotatable bonds is 3. The Morgan fingerprint density at radius 2 is 2.42 bits per heavy atom. The fourth-order valence-corrected chi connectivity index (χ4v) is 2.43. The Labute approximate surface area is 112 Å². The summed E-state index contributed by atoms with van der Waals surface area (Å²) in [5.74, 6) is 3.89. The molecule has 0 aromatic carbocycles. The summed E-state index contributed by atoms with van der Waals surface area (Å²) in [5, 5.41) is 4.21. The molecule has 8 nitrogen and oxygen atoms in total. The number of imide groups is 1. The van der Waals surface area contributed by atoms with Gasteiger partial charge in [-0.05, 0) is 6.92 Å². The molecule has 0 spiro atoms. The van der Waals surface area contributed by atoms with Gasteiger partial charge in [0.2, 0.25) is 11.8 Å². The Bertz CT molecular complexity index is 529. The maximum absolute atomic E-state index is 11.5. The smallest absolute Gasteiger partial charge is 0.294 e. The van der Waals surface area contributed by atoms with E-state index in [1.165, 1.54) is 0 Å². The van der Waals surface area contributed by atoms with Crippen molar-refractivity contribution in [2.45, 2.75) is 19.5 Å². The summed E-state index contributed by atoms with van der Waals surface area (Å²) in [4.78, 5) is 39.9. The van der Waals surface area contributed by atoms with Crippen molar-refractivity contribution in [1.82, 2.24) is 20.6 Å². The predicted octanol–water partition coefficient (Wildman–Crippen LogP) is -1.41. The molecule has 1 aromatic heterocycles. The minimum absolute atomic E-state index is 0.128. The van der Waals surface area contributed by atoms with Crippen LogP contribution in [0.4, 0.5) is 0 Å². The Balaban J connectivity index is 2.08. The highest BCUT2D eigenvalue weighted by atomic mass is 32.1. The van der Waals surface area contributed by atoms with E-state index < -0.39 is 11.9 Å². The summed E-state index contributed by atoms with van der Waals surface area (Å²) in [6, 6.07) is -0.411. The molecule has 4 N–H and O–H groups in total. The van der Waals surface area contributed by atoms with E-state index in [0.717, 1.165) is 11.3 Å². The van der Waals surface area contributed by atoms with E-state index in [-0.39, 0.29) is 23.4 Å². The van der Waals surface area contributed by atoms with Crippen molar-refractivity contribution < 1.29 is 14.4 Å². The zero-order chi connectivity index (χ0) is 14.0. The first-order valence-electron chi connectivity index (χ1n) is 5.54. The summed E-state index contributed by atoms with van der Waals surface area (Å²) in [6.07, 6.45) is 0. The average Bonchev–Trinajstić information content (AvgIpc) is 2.83. The molecular formula is C10H13N5O3S. The van der Waals surface area contributed by atoms with Crippen molar-refractivity contribution >= 4 is 29.1 Å². The first-order valence-corrected chi connectivity index (χ1v) is 6.42. The minimum Gasteiger partial charge on any atom is -0.294 e. The van der Waals surface area contributed by atoms with Gasteiger partial charge >= 0.3 is 0 Å². The van der Waals surface area contributed by atoms with Gasteiger partial charge < -0.3 is 0 Å². The van der Waals surface area contributed by atoms with Gasteiger partial charge in [0.25, 0.3) is 5.91 Å². The van der Waals surface area contributed by atoms with Crippen LogP contribution < -0.4 is 16.6 Å². The molecule has 1 unspecified atom stereocenters. The second-order valence-corrected chi connectivity index (χ2v) is 4.97. The van der Waals surface area contributed by atoms with Crippen molar-refractivity contribution in [3.63, 3.8) is 0 Å². The highest BCUT2D eigenvalue weighted by Gasteiger charge is 2.30. The van der Waals surface area contributed by atoms with Crippen LogP contribution in [0.2, 0.25) is 0 Å². The standard InChI is InChI=1S/C10H13N5O3S/c1-5-8(17)13-7(16)3-15(5)2-6-4-19-10(12-6)9(18)14-11/h4-5H,2-3,11H2,1H3,(H,14,18)(H,13,16,17). The second kappa shape index (κ2) is 5.43. The van der Waals surface area contributed by atoms with Gasteiger partial charge in [-0.25, -0.2) is 10.8 Å². The average molecular weight is 283 g/mol. The molecule has 1 aromatic rings. The van der Waals surface area contributed by atoms with Gasteiger partial charge in [0.15, 0.2) is 5.01 Å². The summed E-state index contributed by atoms with van der Waals surface area (Å²) >= 11 is 1.16. The molecule has 102 valence electrons. The number of piperazine rings is 1. The number of hydrazine groups is 1. The Morgan fingerprint density at radius 1 is 1.68 bits per heavy atom. The number of carbonyl (C=O) groups excluding carboxylic acids is 3. The van der Waals surface area contributed by atoms with Crippen LogP contribution in [0.15, 0.2) is 5.38 Å². The maximum atomic E-state index is 11.5. The number of amides is 3. The minimum atomic E-state index is -0.461. The number of hydrogen-bond acceptors (Lipinski definition) is 7. The lowest BCUT2D eigenvalue weighted by molar-refractivity contribution is -0.139. The molecule has 1 saturated heterocycles. The number of nitrogen functional groups attached to an aromatic ring is 1. The van der Waals surface area contributed by atoms with Crippen molar-refractivity contribution in [1.29, 1.82) is 0 Å². The fraction of sp³-hybridized carbons (Fsp3) is 0.400. The van der Waals surface area contributed by atoms with Crippen molar-refractivity contribution in [3.05, 3.63) is 16.1 Å². The maximum Gasteiger partial charge on any atom is 0.294 e. The lowest BCUT2D eigenvalue weighted by Gasteiger charge is -2.30. The van der Waals surface area contributed by atoms with Crippen LogP contribution >= 0.6 is 11.3 Å². The van der Waals surface area contributed by atoms with Gasteiger partial charge in [-0.2, -0.15) is 0 Å². The lowest BCUT2D eigenvalue weighted by Crippen LogP contribution is -2.56. The molecule has 0 radical (unpaired) electrons. The molecule has 19 heavy (non-hydrogen) atoms. The first kappa shape index (κ1) is 13.6. The predicted molar refractivity (Wildman–Crippen MR) is 66.8 cm³/mol. The topological polar surface area (TPSA) is 117 Å². The van der Waals surface area contributed by atoms with Crippen LogP contribution in [-0.4, -0.2) is 40.2 Å². The van der Waals surface area contributed by atoms with Gasteiger partial charge in [-0.15, -0.1) is 11.3 Å². The number of nitrogens with zero attached hydrogens (tertiary/aromatic N) is 2. The normalized spacial score (nSPS) is 20.2. The SMILES string of the molecule is CC1C(=O)NC(=O)CN1Cc1csc(C(=O)NN)n1. The number of thiazole rings is 1. The fourth-order valence-electron chi connectivity index (χ4n) is 1.72. The molecule has 1 fully saturated rings. The quantitative estimate of drug-likeness (QED) is 0.272. The molecule has 1 aliphatic heterocycles. The molecule has 2 rings (SSSR count). The Hall–Kier alpha value is -1.84. The third-order valence-electron chi connectivity index (χ3n) is 2.78. The van der Waals surface area contributed by atoms with Crippen LogP contribution in [0.1, 0.15) is 22.4 Å². The first-order chi connectivity index (χ1) is 9.01. The molecule has 0 aliphatic carbocycles. The van der Waals surface area contributed by atoms with E-state index >= 15 is 0 Å². The second-order valence-electron chi connectivity index (χ2n) is 4.11. The van der Waals surface area contributed by atoms with Gasteiger partial charge in [-0.1, -0.05) is 0 Å². The van der Waals surface area contributed by atoms with Crippen LogP contribution in [0.3, 0.4) is 0 Å². The molecule has 0 saturated carbocycles. The number of carbonyl (C=O) groups is 3. The highest BCUT2D eigenvalue weighted by molar-refractivity contribution is 7.11. The number of aromatic nitrogens is 1. The van der Waals surface area contributed by atoms with Gasteiger partial charge in [0.05, 0.1) is 18.3 Å².